The van der Waals surface area contributed by atoms with Gasteiger partial charge in [0.05, 0.1) is 0 Å². The monoisotopic (exact) mass is 292 g/mol. The van der Waals surface area contributed by atoms with Gasteiger partial charge in [-0.05, 0) is 17.7 Å². The van der Waals surface area contributed by atoms with Gasteiger partial charge in [0.25, 0.3) is 0 Å². The van der Waals surface area contributed by atoms with Gasteiger partial charge >= 0.3 is 0 Å². The molecule has 0 saturated carbocycles. The average molecular weight is 292 g/mol. The van der Waals surface area contributed by atoms with Crippen LogP contribution >= 0.6 is 11.8 Å². The highest BCUT2D eigenvalue weighted by Crippen LogP contribution is 2.34. The van der Waals surface area contributed by atoms with Crippen molar-refractivity contribution < 1.29 is 0 Å². The van der Waals surface area contributed by atoms with Crippen LogP contribution < -0.4 is 22.7 Å². The van der Waals surface area contributed by atoms with E-state index in [9.17, 15) is 0 Å². The Kier molecular flexibility index (Phi) is 4.20. The summed E-state index contributed by atoms with van der Waals surface area (Å²) >= 11 is 1.27. The van der Waals surface area contributed by atoms with E-state index in [4.69, 9.17) is 17.3 Å². The lowest BCUT2D eigenvalue weighted by atomic mass is 10.1. The Morgan fingerprint density at radius 2 is 1.80 bits per heavy atom. The van der Waals surface area contributed by atoms with E-state index in [2.05, 4.69) is 25.4 Å². The van der Waals surface area contributed by atoms with Crippen molar-refractivity contribution in [3.63, 3.8) is 0 Å². The molecule has 0 aliphatic carbocycles. The number of rotatable bonds is 4. The summed E-state index contributed by atoms with van der Waals surface area (Å²) in [5, 5.41) is 1.15. The average Bonchev–Trinajstić information content (AvgIpc) is 2.36. The molecular weight excluding hydrogens is 276 g/mol. The predicted octanol–water partition coefficient (Wildman–Crippen LogP) is 0.991. The molecule has 0 amide bonds. The van der Waals surface area contributed by atoms with Crippen LogP contribution in [0.15, 0.2) is 22.6 Å². The zero-order chi connectivity index (χ0) is 14.7. The van der Waals surface area contributed by atoms with Gasteiger partial charge in [0.2, 0.25) is 0 Å². The molecule has 0 bridgehead atoms. The quantitative estimate of drug-likeness (QED) is 0.281. The lowest BCUT2D eigenvalue weighted by Crippen LogP contribution is -2.13. The maximum absolute atomic E-state index is 5.66. The van der Waals surface area contributed by atoms with Crippen LogP contribution in [0.2, 0.25) is 0 Å². The van der Waals surface area contributed by atoms with Gasteiger partial charge in [-0.2, -0.15) is 0 Å². The van der Waals surface area contributed by atoms with Crippen molar-refractivity contribution in [2.75, 3.05) is 16.9 Å². The Balaban J connectivity index is 2.42. The summed E-state index contributed by atoms with van der Waals surface area (Å²) in [6, 6.07) is 1.50. The Hall–Kier alpha value is -2.13. The molecule has 0 aliphatic rings. The molecule has 2 rings (SSSR count). The number of nitrogens with zero attached hydrogens (tertiary/aromatic N) is 4. The van der Waals surface area contributed by atoms with Crippen molar-refractivity contribution in [3.8, 4) is 0 Å². The molecule has 0 fully saturated rings. The molecule has 20 heavy (non-hydrogen) atoms. The smallest absolute Gasteiger partial charge is 0.197 e. The maximum atomic E-state index is 5.66. The summed E-state index contributed by atoms with van der Waals surface area (Å²) in [6.07, 6.45) is 1.43. The van der Waals surface area contributed by atoms with Crippen molar-refractivity contribution in [1.82, 2.24) is 19.9 Å². The molecule has 0 spiro atoms. The summed E-state index contributed by atoms with van der Waals surface area (Å²) in [5.41, 5.74) is 14.8. The number of aromatic nitrogens is 4. The fourth-order valence-corrected chi connectivity index (χ4v) is 2.71. The number of nitrogens with one attached hydrogen (secondary N) is 1. The molecule has 2 aromatic heterocycles. The van der Waals surface area contributed by atoms with Crippen LogP contribution in [0.5, 0.6) is 0 Å². The number of hydrogen-bond donors (Lipinski definition) is 4. The minimum absolute atomic E-state index is 0.183. The Labute approximate surface area is 120 Å². The predicted molar refractivity (Wildman–Crippen MR) is 78.9 cm³/mol. The topological polar surface area (TPSA) is 142 Å². The normalized spacial score (nSPS) is 10.8. The van der Waals surface area contributed by atoms with Crippen LogP contribution in [-0.4, -0.2) is 19.9 Å². The van der Waals surface area contributed by atoms with Crippen LogP contribution in [0, 0.1) is 0 Å². The zero-order valence-corrected chi connectivity index (χ0v) is 12.0. The highest BCUT2D eigenvalue weighted by Gasteiger charge is 2.16. The van der Waals surface area contributed by atoms with E-state index in [0.717, 1.165) is 5.56 Å². The SMILES string of the molecule is CC(C)c1c(NN)ncnc1Sc1nc(N)cc(N)n1. The van der Waals surface area contributed by atoms with Crippen molar-refractivity contribution in [2.24, 2.45) is 5.84 Å². The largest absolute Gasteiger partial charge is 0.383 e. The molecule has 0 unspecified atom stereocenters. The minimum Gasteiger partial charge on any atom is -0.383 e. The first-order valence-corrected chi connectivity index (χ1v) is 6.72. The van der Waals surface area contributed by atoms with E-state index >= 15 is 0 Å². The van der Waals surface area contributed by atoms with Gasteiger partial charge in [0, 0.05) is 11.6 Å². The molecule has 9 heteroatoms. The first-order valence-electron chi connectivity index (χ1n) is 5.90. The summed E-state index contributed by atoms with van der Waals surface area (Å²) in [7, 11) is 0. The van der Waals surface area contributed by atoms with Crippen molar-refractivity contribution >= 4 is 29.2 Å². The van der Waals surface area contributed by atoms with Gasteiger partial charge in [0.1, 0.15) is 28.8 Å². The molecule has 0 saturated heterocycles. The molecule has 8 nitrogen and oxygen atoms in total. The van der Waals surface area contributed by atoms with E-state index in [1.807, 2.05) is 13.8 Å². The number of hydrazine groups is 1. The third-order valence-corrected chi connectivity index (χ3v) is 3.38. The molecule has 7 N–H and O–H groups in total. The fourth-order valence-electron chi connectivity index (χ4n) is 1.69. The third kappa shape index (κ3) is 3.06. The second-order valence-corrected chi connectivity index (χ2v) is 5.30. The van der Waals surface area contributed by atoms with E-state index in [-0.39, 0.29) is 5.92 Å². The number of nitrogen functional groups attached to an aromatic ring is 3. The van der Waals surface area contributed by atoms with Crippen molar-refractivity contribution in [2.45, 2.75) is 29.9 Å². The molecule has 0 radical (unpaired) electrons. The Morgan fingerprint density at radius 3 is 2.35 bits per heavy atom. The third-order valence-electron chi connectivity index (χ3n) is 2.49. The van der Waals surface area contributed by atoms with E-state index in [1.165, 1.54) is 24.2 Å². The van der Waals surface area contributed by atoms with Crippen LogP contribution in [0.25, 0.3) is 0 Å². The van der Waals surface area contributed by atoms with E-state index in [0.29, 0.717) is 27.6 Å². The van der Waals surface area contributed by atoms with Crippen LogP contribution in [-0.2, 0) is 0 Å². The summed E-state index contributed by atoms with van der Waals surface area (Å²) in [6.45, 7) is 4.05. The lowest BCUT2D eigenvalue weighted by Gasteiger charge is -2.14. The molecule has 2 aromatic rings. The fraction of sp³-hybridized carbons (Fsp3) is 0.273. The standard InChI is InChI=1S/C11H16N8S/c1-5(2)8-9(19-14)15-4-16-10(8)20-11-17-6(12)3-7(13)18-11/h3-5H,14H2,1-2H3,(H,15,16,19)(H4,12,13,17,18). The van der Waals surface area contributed by atoms with Gasteiger partial charge in [0.15, 0.2) is 5.16 Å². The second kappa shape index (κ2) is 5.88. The van der Waals surface area contributed by atoms with Gasteiger partial charge in [-0.15, -0.1) is 0 Å². The summed E-state index contributed by atoms with van der Waals surface area (Å²) < 4.78 is 0. The van der Waals surface area contributed by atoms with Crippen LogP contribution in [0.4, 0.5) is 17.5 Å². The lowest BCUT2D eigenvalue weighted by molar-refractivity contribution is 0.802. The van der Waals surface area contributed by atoms with Gasteiger partial charge in [-0.25, -0.2) is 25.8 Å². The van der Waals surface area contributed by atoms with Crippen molar-refractivity contribution in [3.05, 3.63) is 18.0 Å². The Bertz CT molecular complexity index is 595. The molecule has 2 heterocycles. The minimum atomic E-state index is 0.183. The first kappa shape index (κ1) is 14.3. The zero-order valence-electron chi connectivity index (χ0n) is 11.2. The van der Waals surface area contributed by atoms with E-state index in [1.54, 1.807) is 0 Å². The van der Waals surface area contributed by atoms with Gasteiger partial charge in [-0.3, -0.25) is 0 Å². The molecule has 0 aromatic carbocycles. The molecule has 106 valence electrons. The second-order valence-electron chi connectivity index (χ2n) is 4.34. The number of anilines is 3. The first-order chi connectivity index (χ1) is 9.51. The van der Waals surface area contributed by atoms with E-state index < -0.39 is 0 Å². The number of hydrogen-bond acceptors (Lipinski definition) is 9. The summed E-state index contributed by atoms with van der Waals surface area (Å²) in [4.78, 5) is 16.6. The van der Waals surface area contributed by atoms with Crippen molar-refractivity contribution in [1.29, 1.82) is 0 Å². The highest BCUT2D eigenvalue weighted by atomic mass is 32.2. The molecule has 0 atom stereocenters. The molecular formula is C11H16N8S. The summed E-state index contributed by atoms with van der Waals surface area (Å²) in [5.74, 6) is 6.87. The van der Waals surface area contributed by atoms with Crippen LogP contribution in [0.1, 0.15) is 25.3 Å². The number of nitrogens with two attached hydrogens (primary N) is 3. The maximum Gasteiger partial charge on any atom is 0.197 e. The highest BCUT2D eigenvalue weighted by molar-refractivity contribution is 7.99. The van der Waals surface area contributed by atoms with Crippen LogP contribution in [0.3, 0.4) is 0 Å². The Morgan fingerprint density at radius 1 is 1.15 bits per heavy atom. The van der Waals surface area contributed by atoms with Gasteiger partial charge < -0.3 is 16.9 Å². The molecule has 0 aliphatic heterocycles. The van der Waals surface area contributed by atoms with Gasteiger partial charge in [-0.1, -0.05) is 13.8 Å².